The van der Waals surface area contributed by atoms with E-state index in [1.807, 2.05) is 23.1 Å². The van der Waals surface area contributed by atoms with E-state index in [1.165, 1.54) is 13.5 Å². The second-order valence-electron chi connectivity index (χ2n) is 8.30. The minimum absolute atomic E-state index is 0.0428. The molecule has 2 heterocycles. The number of hydrogen-bond donors (Lipinski definition) is 1. The summed E-state index contributed by atoms with van der Waals surface area (Å²) in [5.74, 6) is 0.791. The third-order valence-electron chi connectivity index (χ3n) is 6.23. The summed E-state index contributed by atoms with van der Waals surface area (Å²) in [5, 5.41) is 2.94. The molecule has 2 aliphatic heterocycles. The van der Waals surface area contributed by atoms with Crippen LogP contribution in [0.5, 0.6) is 11.5 Å². The summed E-state index contributed by atoms with van der Waals surface area (Å²) in [6.07, 6.45) is 5.57. The van der Waals surface area contributed by atoms with E-state index in [0.717, 1.165) is 57.5 Å². The molecule has 32 heavy (non-hydrogen) atoms. The van der Waals surface area contributed by atoms with Gasteiger partial charge in [0.05, 0.1) is 25.3 Å². The Morgan fingerprint density at radius 3 is 2.22 bits per heavy atom. The van der Waals surface area contributed by atoms with E-state index >= 15 is 0 Å². The van der Waals surface area contributed by atoms with E-state index in [2.05, 4.69) is 10.2 Å². The highest BCUT2D eigenvalue weighted by Gasteiger charge is 2.25. The van der Waals surface area contributed by atoms with Crippen molar-refractivity contribution < 1.29 is 19.1 Å². The molecule has 7 heteroatoms. The number of anilines is 2. The van der Waals surface area contributed by atoms with Gasteiger partial charge in [0.15, 0.2) is 0 Å². The van der Waals surface area contributed by atoms with Crippen LogP contribution >= 0.6 is 0 Å². The minimum atomic E-state index is -0.296. The Bertz CT molecular complexity index is 979. The predicted molar refractivity (Wildman–Crippen MR) is 125 cm³/mol. The third-order valence-corrected chi connectivity index (χ3v) is 6.23. The number of hydrogen-bond acceptors (Lipinski definition) is 5. The van der Waals surface area contributed by atoms with Gasteiger partial charge in [-0.25, -0.2) is 0 Å². The second kappa shape index (κ2) is 9.94. The van der Waals surface area contributed by atoms with Gasteiger partial charge >= 0.3 is 0 Å². The maximum Gasteiger partial charge on any atom is 0.259 e. The Hall–Kier alpha value is -3.22. The minimum Gasteiger partial charge on any atom is -0.497 e. The molecule has 2 aromatic rings. The van der Waals surface area contributed by atoms with Crippen LogP contribution in [0.25, 0.3) is 0 Å². The van der Waals surface area contributed by atoms with E-state index in [4.69, 9.17) is 9.47 Å². The van der Waals surface area contributed by atoms with Crippen molar-refractivity contribution in [3.05, 3.63) is 47.5 Å². The molecule has 2 amide bonds. The standard InChI is InChI=1S/C25H31N3O4/c1-31-19-9-10-20(23(17-19)32-2)24(29)26-18-8-11-22(27-12-4-3-5-13-27)21(16-18)25(30)28-14-6-7-15-28/h8-11,16-17H,3-7,12-15H2,1-2H3,(H,26,29). The molecule has 0 bridgehead atoms. The number of nitrogens with zero attached hydrogens (tertiary/aromatic N) is 2. The Morgan fingerprint density at radius 1 is 0.812 bits per heavy atom. The molecule has 1 N–H and O–H groups in total. The number of rotatable bonds is 6. The summed E-state index contributed by atoms with van der Waals surface area (Å²) in [7, 11) is 3.09. The zero-order valence-corrected chi connectivity index (χ0v) is 18.9. The number of nitrogens with one attached hydrogen (secondary N) is 1. The van der Waals surface area contributed by atoms with Gasteiger partial charge < -0.3 is 24.6 Å². The number of carbonyl (C=O) groups is 2. The van der Waals surface area contributed by atoms with Crippen LogP contribution < -0.4 is 19.7 Å². The van der Waals surface area contributed by atoms with E-state index in [9.17, 15) is 9.59 Å². The highest BCUT2D eigenvalue weighted by Crippen LogP contribution is 2.30. The van der Waals surface area contributed by atoms with Gasteiger partial charge in [-0.2, -0.15) is 0 Å². The molecule has 7 nitrogen and oxygen atoms in total. The fraction of sp³-hybridized carbons (Fsp3) is 0.440. The van der Waals surface area contributed by atoms with Gasteiger partial charge in [-0.05, 0) is 62.4 Å². The number of benzene rings is 2. The summed E-state index contributed by atoms with van der Waals surface area (Å²) in [4.78, 5) is 30.5. The lowest BCUT2D eigenvalue weighted by Crippen LogP contribution is -2.34. The zero-order chi connectivity index (χ0) is 22.5. The molecule has 0 saturated carbocycles. The first-order valence-corrected chi connectivity index (χ1v) is 11.3. The highest BCUT2D eigenvalue weighted by molar-refractivity contribution is 6.08. The molecule has 0 aliphatic carbocycles. The Morgan fingerprint density at radius 2 is 1.53 bits per heavy atom. The van der Waals surface area contributed by atoms with Crippen molar-refractivity contribution in [1.29, 1.82) is 0 Å². The molecule has 2 aromatic carbocycles. The van der Waals surface area contributed by atoms with Gasteiger partial charge in [0.1, 0.15) is 11.5 Å². The van der Waals surface area contributed by atoms with Gasteiger partial charge in [0, 0.05) is 43.6 Å². The number of carbonyl (C=O) groups excluding carboxylic acids is 2. The number of amides is 2. The molecule has 4 rings (SSSR count). The van der Waals surface area contributed by atoms with Crippen molar-refractivity contribution in [1.82, 2.24) is 4.90 Å². The van der Waals surface area contributed by atoms with Crippen LogP contribution in [0.3, 0.4) is 0 Å². The lowest BCUT2D eigenvalue weighted by Gasteiger charge is -2.31. The smallest absolute Gasteiger partial charge is 0.259 e. The predicted octanol–water partition coefficient (Wildman–Crippen LogP) is 4.18. The van der Waals surface area contributed by atoms with Gasteiger partial charge in [0.2, 0.25) is 0 Å². The van der Waals surface area contributed by atoms with Gasteiger partial charge in [-0.15, -0.1) is 0 Å². The first-order valence-electron chi connectivity index (χ1n) is 11.3. The average Bonchev–Trinajstić information content (AvgIpc) is 3.38. The summed E-state index contributed by atoms with van der Waals surface area (Å²) in [5.41, 5.74) is 2.62. The monoisotopic (exact) mass is 437 g/mol. The Balaban J connectivity index is 1.62. The normalized spacial score (nSPS) is 16.1. The summed E-state index contributed by atoms with van der Waals surface area (Å²) >= 11 is 0. The SMILES string of the molecule is COc1ccc(C(=O)Nc2ccc(N3CCCCC3)c(C(=O)N3CCCC3)c2)c(OC)c1. The van der Waals surface area contributed by atoms with Crippen LogP contribution in [0.4, 0.5) is 11.4 Å². The van der Waals surface area contributed by atoms with Gasteiger partial charge in [-0.1, -0.05) is 0 Å². The molecule has 0 atom stereocenters. The number of piperidine rings is 1. The van der Waals surface area contributed by atoms with E-state index in [1.54, 1.807) is 25.3 Å². The van der Waals surface area contributed by atoms with Gasteiger partial charge in [-0.3, -0.25) is 9.59 Å². The molecule has 2 aliphatic rings. The fourth-order valence-electron chi connectivity index (χ4n) is 4.47. The lowest BCUT2D eigenvalue weighted by molar-refractivity contribution is 0.0793. The van der Waals surface area contributed by atoms with Crippen molar-refractivity contribution in [3.63, 3.8) is 0 Å². The molecule has 2 saturated heterocycles. The first kappa shape index (κ1) is 22.0. The van der Waals surface area contributed by atoms with Crippen molar-refractivity contribution in [2.24, 2.45) is 0 Å². The van der Waals surface area contributed by atoms with Crippen LogP contribution in [-0.4, -0.2) is 57.1 Å². The van der Waals surface area contributed by atoms with Crippen LogP contribution in [0, 0.1) is 0 Å². The summed E-state index contributed by atoms with van der Waals surface area (Å²) < 4.78 is 10.6. The average molecular weight is 438 g/mol. The van der Waals surface area contributed by atoms with E-state index in [-0.39, 0.29) is 11.8 Å². The fourth-order valence-corrected chi connectivity index (χ4v) is 4.47. The number of likely N-dealkylation sites (tertiary alicyclic amines) is 1. The molecule has 170 valence electrons. The third kappa shape index (κ3) is 4.66. The first-order chi connectivity index (χ1) is 15.6. The summed E-state index contributed by atoms with van der Waals surface area (Å²) in [6.45, 7) is 3.49. The molecular formula is C25H31N3O4. The van der Waals surface area contributed by atoms with Crippen LogP contribution in [-0.2, 0) is 0 Å². The molecule has 2 fully saturated rings. The van der Waals surface area contributed by atoms with Gasteiger partial charge in [0.25, 0.3) is 11.8 Å². The van der Waals surface area contributed by atoms with Crippen molar-refractivity contribution in [2.75, 3.05) is 50.6 Å². The van der Waals surface area contributed by atoms with Crippen LogP contribution in [0.15, 0.2) is 36.4 Å². The quantitative estimate of drug-likeness (QED) is 0.734. The van der Waals surface area contributed by atoms with E-state index in [0.29, 0.717) is 28.3 Å². The molecule has 0 radical (unpaired) electrons. The van der Waals surface area contributed by atoms with Crippen molar-refractivity contribution in [3.8, 4) is 11.5 Å². The molecule has 0 spiro atoms. The Labute approximate surface area is 189 Å². The van der Waals surface area contributed by atoms with E-state index < -0.39 is 0 Å². The maximum absolute atomic E-state index is 13.3. The maximum atomic E-state index is 13.3. The number of methoxy groups -OCH3 is 2. The lowest BCUT2D eigenvalue weighted by atomic mass is 10.0. The topological polar surface area (TPSA) is 71.1 Å². The number of ether oxygens (including phenoxy) is 2. The van der Waals surface area contributed by atoms with Crippen LogP contribution in [0.1, 0.15) is 52.8 Å². The Kier molecular flexibility index (Phi) is 6.83. The zero-order valence-electron chi connectivity index (χ0n) is 18.9. The van der Waals surface area contributed by atoms with Crippen molar-refractivity contribution >= 4 is 23.2 Å². The highest BCUT2D eigenvalue weighted by atomic mass is 16.5. The van der Waals surface area contributed by atoms with Crippen LogP contribution in [0.2, 0.25) is 0 Å². The molecular weight excluding hydrogens is 406 g/mol. The van der Waals surface area contributed by atoms with Crippen molar-refractivity contribution in [2.45, 2.75) is 32.1 Å². The second-order valence-corrected chi connectivity index (χ2v) is 8.30. The molecule has 0 unspecified atom stereocenters. The summed E-state index contributed by atoms with van der Waals surface area (Å²) in [6, 6.07) is 10.7. The molecule has 0 aromatic heterocycles. The largest absolute Gasteiger partial charge is 0.497 e.